The third-order valence-electron chi connectivity index (χ3n) is 4.61. The summed E-state index contributed by atoms with van der Waals surface area (Å²) in [4.78, 5) is 6.97. The number of aryl methyl sites for hydroxylation is 1. The zero-order valence-electron chi connectivity index (χ0n) is 16.2. The van der Waals surface area contributed by atoms with Gasteiger partial charge in [-0.1, -0.05) is 19.1 Å². The molecular formula is C19H33IN4O2. The molecule has 1 aromatic rings. The lowest BCUT2D eigenvalue weighted by atomic mass is 10.1. The van der Waals surface area contributed by atoms with Crippen LogP contribution in [0.25, 0.3) is 0 Å². The molecule has 0 saturated carbocycles. The molecule has 1 fully saturated rings. The third kappa shape index (κ3) is 7.28. The number of nitrogens with two attached hydrogens (primary N) is 1. The number of likely N-dealkylation sites (tertiary alicyclic amines) is 1. The largest absolute Gasteiger partial charge is 0.491 e. The first-order valence-corrected chi connectivity index (χ1v) is 9.13. The highest BCUT2D eigenvalue weighted by Crippen LogP contribution is 2.21. The maximum absolute atomic E-state index is 6.05. The Morgan fingerprint density at radius 3 is 2.92 bits per heavy atom. The van der Waals surface area contributed by atoms with Crippen LogP contribution in [0.3, 0.4) is 0 Å². The second kappa shape index (κ2) is 12.3. The Morgan fingerprint density at radius 1 is 1.38 bits per heavy atom. The molecule has 1 unspecified atom stereocenters. The summed E-state index contributed by atoms with van der Waals surface area (Å²) in [6.07, 6.45) is 2.49. The smallest absolute Gasteiger partial charge is 0.188 e. The number of likely N-dealkylation sites (N-methyl/N-ethyl adjacent to an activating group) is 1. The first-order valence-electron chi connectivity index (χ1n) is 9.13. The summed E-state index contributed by atoms with van der Waals surface area (Å²) in [5.74, 6) is 1.34. The Bertz CT molecular complexity index is 568. The molecule has 0 spiro atoms. The van der Waals surface area contributed by atoms with Crippen molar-refractivity contribution in [2.75, 3.05) is 40.0 Å². The Balaban J connectivity index is 0.00000338. The van der Waals surface area contributed by atoms with Crippen LogP contribution in [0.1, 0.15) is 30.9 Å². The molecule has 2 rings (SSSR count). The highest BCUT2D eigenvalue weighted by atomic mass is 127. The quantitative estimate of drug-likeness (QED) is 0.248. The molecule has 1 aromatic carbocycles. The topological polar surface area (TPSA) is 72.1 Å². The molecule has 7 heteroatoms. The lowest BCUT2D eigenvalue weighted by molar-refractivity contribution is 0.146. The Labute approximate surface area is 174 Å². The van der Waals surface area contributed by atoms with E-state index in [9.17, 15) is 0 Å². The van der Waals surface area contributed by atoms with E-state index < -0.39 is 0 Å². The number of aliphatic imine (C=N–C) groups is 1. The number of hydrogen-bond acceptors (Lipinski definition) is 4. The molecule has 1 aliphatic heterocycles. The van der Waals surface area contributed by atoms with Crippen molar-refractivity contribution in [3.8, 4) is 5.75 Å². The van der Waals surface area contributed by atoms with Gasteiger partial charge >= 0.3 is 0 Å². The minimum Gasteiger partial charge on any atom is -0.491 e. The number of benzene rings is 1. The van der Waals surface area contributed by atoms with Gasteiger partial charge in [-0.25, -0.2) is 4.99 Å². The Hall–Kier alpha value is -1.06. The zero-order valence-corrected chi connectivity index (χ0v) is 18.5. The van der Waals surface area contributed by atoms with Gasteiger partial charge in [0.05, 0.1) is 13.2 Å². The normalized spacial score (nSPS) is 17.8. The van der Waals surface area contributed by atoms with E-state index >= 15 is 0 Å². The third-order valence-corrected chi connectivity index (χ3v) is 4.61. The fourth-order valence-corrected chi connectivity index (χ4v) is 3.15. The molecule has 148 valence electrons. The average Bonchev–Trinajstić information content (AvgIpc) is 3.07. The molecule has 1 saturated heterocycles. The molecule has 1 aliphatic rings. The summed E-state index contributed by atoms with van der Waals surface area (Å²) in [7, 11) is 1.67. The summed E-state index contributed by atoms with van der Waals surface area (Å²) in [5, 5.41) is 3.27. The minimum absolute atomic E-state index is 0. The van der Waals surface area contributed by atoms with Gasteiger partial charge in [-0.05, 0) is 44.5 Å². The molecule has 3 N–H and O–H groups in total. The van der Waals surface area contributed by atoms with E-state index in [2.05, 4.69) is 28.2 Å². The van der Waals surface area contributed by atoms with Crippen molar-refractivity contribution in [2.24, 2.45) is 10.7 Å². The number of nitrogens with zero attached hydrogens (tertiary/aromatic N) is 2. The van der Waals surface area contributed by atoms with Gasteiger partial charge in [0.25, 0.3) is 0 Å². The van der Waals surface area contributed by atoms with Crippen molar-refractivity contribution in [1.29, 1.82) is 0 Å². The maximum atomic E-state index is 6.05. The van der Waals surface area contributed by atoms with Crippen LogP contribution >= 0.6 is 24.0 Å². The predicted molar refractivity (Wildman–Crippen MR) is 118 cm³/mol. The molecule has 1 heterocycles. The number of rotatable bonds is 9. The first kappa shape index (κ1) is 23.0. The number of nitrogens with one attached hydrogen (secondary N) is 1. The van der Waals surface area contributed by atoms with Crippen LogP contribution in [0.4, 0.5) is 0 Å². The molecule has 0 bridgehead atoms. The summed E-state index contributed by atoms with van der Waals surface area (Å²) < 4.78 is 10.8. The van der Waals surface area contributed by atoms with Gasteiger partial charge in [0, 0.05) is 25.3 Å². The standard InChI is InChI=1S/C19H32N4O2.HI/c1-4-23-9-5-6-17(23)14-22-19(20)21-13-16-8-7-15(2)12-18(16)25-11-10-24-3;/h7-8,12,17H,4-6,9-11,13-14H2,1-3H3,(H3,20,21,22);1H. The Kier molecular flexibility index (Phi) is 10.9. The van der Waals surface area contributed by atoms with E-state index in [1.54, 1.807) is 7.11 Å². The first-order chi connectivity index (χ1) is 12.1. The van der Waals surface area contributed by atoms with Gasteiger partial charge in [0.2, 0.25) is 0 Å². The number of methoxy groups -OCH3 is 1. The van der Waals surface area contributed by atoms with E-state index in [4.69, 9.17) is 15.2 Å². The average molecular weight is 476 g/mol. The lowest BCUT2D eigenvalue weighted by Gasteiger charge is -2.23. The molecule has 0 aliphatic carbocycles. The molecule has 26 heavy (non-hydrogen) atoms. The summed E-state index contributed by atoms with van der Waals surface area (Å²) in [5.41, 5.74) is 8.24. The zero-order chi connectivity index (χ0) is 18.1. The van der Waals surface area contributed by atoms with Crippen LogP contribution in [-0.4, -0.2) is 56.9 Å². The van der Waals surface area contributed by atoms with Crippen molar-refractivity contribution in [2.45, 2.75) is 39.3 Å². The van der Waals surface area contributed by atoms with Gasteiger partial charge in [-0.3, -0.25) is 4.90 Å². The minimum atomic E-state index is 0. The van der Waals surface area contributed by atoms with Crippen molar-refractivity contribution in [3.63, 3.8) is 0 Å². The SMILES string of the molecule is CCN1CCCC1CNC(N)=NCc1ccc(C)cc1OCCOC.I. The number of hydrogen-bond donors (Lipinski definition) is 2. The van der Waals surface area contributed by atoms with Gasteiger partial charge < -0.3 is 20.5 Å². The molecule has 1 atom stereocenters. The van der Waals surface area contributed by atoms with Crippen LogP contribution in [0, 0.1) is 6.92 Å². The van der Waals surface area contributed by atoms with Crippen LogP contribution in [0.15, 0.2) is 23.2 Å². The predicted octanol–water partition coefficient (Wildman–Crippen LogP) is 2.53. The van der Waals surface area contributed by atoms with Crippen molar-refractivity contribution >= 4 is 29.9 Å². The highest BCUT2D eigenvalue weighted by molar-refractivity contribution is 14.0. The van der Waals surface area contributed by atoms with E-state index in [0.29, 0.717) is 31.8 Å². The number of halogens is 1. The van der Waals surface area contributed by atoms with Crippen LogP contribution in [0.2, 0.25) is 0 Å². The maximum Gasteiger partial charge on any atom is 0.188 e. The number of ether oxygens (including phenoxy) is 2. The fraction of sp³-hybridized carbons (Fsp3) is 0.632. The molecule has 6 nitrogen and oxygen atoms in total. The van der Waals surface area contributed by atoms with Crippen LogP contribution in [-0.2, 0) is 11.3 Å². The van der Waals surface area contributed by atoms with Gasteiger partial charge in [0.15, 0.2) is 5.96 Å². The summed E-state index contributed by atoms with van der Waals surface area (Å²) >= 11 is 0. The highest BCUT2D eigenvalue weighted by Gasteiger charge is 2.22. The fourth-order valence-electron chi connectivity index (χ4n) is 3.15. The Morgan fingerprint density at radius 2 is 2.19 bits per heavy atom. The van der Waals surface area contributed by atoms with Crippen LogP contribution < -0.4 is 15.8 Å². The van der Waals surface area contributed by atoms with Gasteiger partial charge in [-0.15, -0.1) is 24.0 Å². The summed E-state index contributed by atoms with van der Waals surface area (Å²) in [6.45, 7) is 8.98. The molecular weight excluding hydrogens is 443 g/mol. The van der Waals surface area contributed by atoms with E-state index in [1.807, 2.05) is 19.1 Å². The van der Waals surface area contributed by atoms with Gasteiger partial charge in [0.1, 0.15) is 12.4 Å². The van der Waals surface area contributed by atoms with Crippen molar-refractivity contribution in [3.05, 3.63) is 29.3 Å². The molecule has 0 radical (unpaired) electrons. The van der Waals surface area contributed by atoms with Crippen LogP contribution in [0.5, 0.6) is 5.75 Å². The van der Waals surface area contributed by atoms with Crippen molar-refractivity contribution < 1.29 is 9.47 Å². The second-order valence-corrected chi connectivity index (χ2v) is 6.46. The summed E-state index contributed by atoms with van der Waals surface area (Å²) in [6, 6.07) is 6.70. The van der Waals surface area contributed by atoms with E-state index in [1.165, 1.54) is 19.4 Å². The van der Waals surface area contributed by atoms with Crippen molar-refractivity contribution in [1.82, 2.24) is 10.2 Å². The molecule has 0 aromatic heterocycles. The lowest BCUT2D eigenvalue weighted by Crippen LogP contribution is -2.42. The van der Waals surface area contributed by atoms with Gasteiger partial charge in [-0.2, -0.15) is 0 Å². The number of guanidine groups is 1. The monoisotopic (exact) mass is 476 g/mol. The van der Waals surface area contributed by atoms with E-state index in [0.717, 1.165) is 30.0 Å². The van der Waals surface area contributed by atoms with E-state index in [-0.39, 0.29) is 24.0 Å². The second-order valence-electron chi connectivity index (χ2n) is 6.46. The molecule has 0 amide bonds.